The Kier molecular flexibility index (Phi) is 3.65. The molecule has 3 nitrogen and oxygen atoms in total. The second-order valence-electron chi connectivity index (χ2n) is 5.08. The van der Waals surface area contributed by atoms with E-state index in [2.05, 4.69) is 51.8 Å². The lowest BCUT2D eigenvalue weighted by atomic mass is 9.98. The lowest BCUT2D eigenvalue weighted by Gasteiger charge is -2.12. The van der Waals surface area contributed by atoms with Crippen LogP contribution in [0, 0.1) is 4.77 Å². The Hall–Kier alpha value is -1.94. The SMILES string of the molecule is CC(CCn1c(=S)[nH]c2cnccc21)c1ccccc1. The molecule has 2 aromatic heterocycles. The number of H-pyrrole nitrogens is 1. The van der Waals surface area contributed by atoms with Gasteiger partial charge in [0.05, 0.1) is 17.2 Å². The molecule has 102 valence electrons. The molecule has 3 aromatic rings. The van der Waals surface area contributed by atoms with Gasteiger partial charge >= 0.3 is 0 Å². The standard InChI is InChI=1S/C16H17N3S/c1-12(13-5-3-2-4-6-13)8-10-19-15-7-9-17-11-14(15)18-16(19)20/h2-7,9,11-12H,8,10H2,1H3,(H,18,20). The zero-order valence-corrected chi connectivity index (χ0v) is 12.2. The number of hydrogen-bond acceptors (Lipinski definition) is 2. The Balaban J connectivity index is 1.81. The van der Waals surface area contributed by atoms with E-state index < -0.39 is 0 Å². The van der Waals surface area contributed by atoms with Crippen molar-refractivity contribution < 1.29 is 0 Å². The van der Waals surface area contributed by atoms with Gasteiger partial charge in [-0.2, -0.15) is 0 Å². The van der Waals surface area contributed by atoms with Crippen molar-refractivity contribution in [2.24, 2.45) is 0 Å². The number of benzene rings is 1. The Morgan fingerprint density at radius 1 is 1.25 bits per heavy atom. The molecule has 0 radical (unpaired) electrons. The van der Waals surface area contributed by atoms with E-state index in [1.807, 2.05) is 18.5 Å². The van der Waals surface area contributed by atoms with Crippen LogP contribution in [0.25, 0.3) is 11.0 Å². The van der Waals surface area contributed by atoms with Crippen molar-refractivity contribution >= 4 is 23.3 Å². The normalized spacial score (nSPS) is 12.7. The molecule has 0 spiro atoms. The number of aromatic nitrogens is 3. The molecule has 1 N–H and O–H groups in total. The first-order valence-corrected chi connectivity index (χ1v) is 7.24. The second-order valence-corrected chi connectivity index (χ2v) is 5.46. The van der Waals surface area contributed by atoms with E-state index in [-0.39, 0.29) is 0 Å². The van der Waals surface area contributed by atoms with Gasteiger partial charge in [0.2, 0.25) is 0 Å². The number of nitrogens with one attached hydrogen (secondary N) is 1. The maximum absolute atomic E-state index is 5.40. The Morgan fingerprint density at radius 3 is 2.85 bits per heavy atom. The monoisotopic (exact) mass is 283 g/mol. The van der Waals surface area contributed by atoms with E-state index in [0.717, 1.165) is 28.8 Å². The van der Waals surface area contributed by atoms with E-state index in [9.17, 15) is 0 Å². The molecule has 0 bridgehead atoms. The number of hydrogen-bond donors (Lipinski definition) is 1. The quantitative estimate of drug-likeness (QED) is 0.725. The van der Waals surface area contributed by atoms with Gasteiger partial charge in [-0.1, -0.05) is 37.3 Å². The fourth-order valence-corrected chi connectivity index (χ4v) is 2.80. The van der Waals surface area contributed by atoms with Gasteiger partial charge in [-0.3, -0.25) is 4.98 Å². The minimum absolute atomic E-state index is 0.518. The molecule has 0 amide bonds. The average molecular weight is 283 g/mol. The van der Waals surface area contributed by atoms with E-state index in [1.54, 1.807) is 0 Å². The summed E-state index contributed by atoms with van der Waals surface area (Å²) in [6, 6.07) is 12.6. The molecule has 0 fully saturated rings. The van der Waals surface area contributed by atoms with Crippen LogP contribution in [-0.4, -0.2) is 14.5 Å². The van der Waals surface area contributed by atoms with Crippen LogP contribution in [0.3, 0.4) is 0 Å². The molecule has 0 aliphatic heterocycles. The van der Waals surface area contributed by atoms with Gasteiger partial charge < -0.3 is 9.55 Å². The fraction of sp³-hybridized carbons (Fsp3) is 0.250. The molecule has 3 rings (SSSR count). The number of aryl methyl sites for hydroxylation is 1. The maximum atomic E-state index is 5.40. The number of nitrogens with zero attached hydrogens (tertiary/aromatic N) is 2. The molecule has 20 heavy (non-hydrogen) atoms. The topological polar surface area (TPSA) is 33.6 Å². The zero-order chi connectivity index (χ0) is 13.9. The van der Waals surface area contributed by atoms with Gasteiger partial charge in [-0.05, 0) is 36.2 Å². The van der Waals surface area contributed by atoms with Crippen LogP contribution >= 0.6 is 12.2 Å². The van der Waals surface area contributed by atoms with Crippen LogP contribution in [0.2, 0.25) is 0 Å². The minimum Gasteiger partial charge on any atom is -0.329 e. The summed E-state index contributed by atoms with van der Waals surface area (Å²) in [6.45, 7) is 3.17. The number of aromatic amines is 1. The first-order valence-electron chi connectivity index (χ1n) is 6.83. The van der Waals surface area contributed by atoms with Gasteiger partial charge in [0.25, 0.3) is 0 Å². The predicted octanol–water partition coefficient (Wildman–Crippen LogP) is 4.29. The second kappa shape index (κ2) is 5.59. The molecule has 0 aliphatic carbocycles. The van der Waals surface area contributed by atoms with Gasteiger partial charge in [0.15, 0.2) is 4.77 Å². The smallest absolute Gasteiger partial charge is 0.178 e. The summed E-state index contributed by atoms with van der Waals surface area (Å²) in [4.78, 5) is 7.33. The molecule has 0 aliphatic rings. The average Bonchev–Trinajstić information content (AvgIpc) is 2.81. The Labute approximate surface area is 123 Å². The summed E-state index contributed by atoms with van der Waals surface area (Å²) < 4.78 is 2.93. The largest absolute Gasteiger partial charge is 0.329 e. The molecule has 0 saturated heterocycles. The number of fused-ring (bicyclic) bond motifs is 1. The number of imidazole rings is 1. The van der Waals surface area contributed by atoms with Crippen LogP contribution in [-0.2, 0) is 6.54 Å². The molecule has 1 atom stereocenters. The zero-order valence-electron chi connectivity index (χ0n) is 11.4. The first kappa shape index (κ1) is 13.1. The van der Waals surface area contributed by atoms with E-state index in [1.165, 1.54) is 5.56 Å². The summed E-state index contributed by atoms with van der Waals surface area (Å²) in [6.07, 6.45) is 4.69. The predicted molar refractivity (Wildman–Crippen MR) is 84.4 cm³/mol. The van der Waals surface area contributed by atoms with Gasteiger partial charge in [0, 0.05) is 12.7 Å². The van der Waals surface area contributed by atoms with Crippen molar-refractivity contribution in [3.63, 3.8) is 0 Å². The number of rotatable bonds is 4. The third-order valence-corrected chi connectivity index (χ3v) is 4.05. The molecule has 2 heterocycles. The highest BCUT2D eigenvalue weighted by atomic mass is 32.1. The van der Waals surface area contributed by atoms with E-state index in [0.29, 0.717) is 5.92 Å². The lowest BCUT2D eigenvalue weighted by molar-refractivity contribution is 0.581. The molecular weight excluding hydrogens is 266 g/mol. The maximum Gasteiger partial charge on any atom is 0.178 e. The summed E-state index contributed by atoms with van der Waals surface area (Å²) in [5, 5.41) is 0. The van der Waals surface area contributed by atoms with Crippen LogP contribution < -0.4 is 0 Å². The summed E-state index contributed by atoms with van der Waals surface area (Å²) in [7, 11) is 0. The van der Waals surface area contributed by atoms with Crippen molar-refractivity contribution in [3.8, 4) is 0 Å². The van der Waals surface area contributed by atoms with Crippen LogP contribution in [0.5, 0.6) is 0 Å². The highest BCUT2D eigenvalue weighted by molar-refractivity contribution is 7.71. The third kappa shape index (κ3) is 2.51. The molecular formula is C16H17N3S. The highest BCUT2D eigenvalue weighted by Gasteiger charge is 2.08. The molecule has 4 heteroatoms. The summed E-state index contributed by atoms with van der Waals surface area (Å²) >= 11 is 5.40. The lowest BCUT2D eigenvalue weighted by Crippen LogP contribution is -2.03. The van der Waals surface area contributed by atoms with Crippen LogP contribution in [0.4, 0.5) is 0 Å². The third-order valence-electron chi connectivity index (χ3n) is 3.73. The Morgan fingerprint density at radius 2 is 2.05 bits per heavy atom. The summed E-state index contributed by atoms with van der Waals surface area (Å²) in [5.74, 6) is 0.518. The van der Waals surface area contributed by atoms with Crippen LogP contribution in [0.1, 0.15) is 24.8 Å². The highest BCUT2D eigenvalue weighted by Crippen LogP contribution is 2.21. The van der Waals surface area contributed by atoms with Crippen LogP contribution in [0.15, 0.2) is 48.8 Å². The van der Waals surface area contributed by atoms with Crippen molar-refractivity contribution in [3.05, 3.63) is 59.1 Å². The van der Waals surface area contributed by atoms with Crippen molar-refractivity contribution in [1.82, 2.24) is 14.5 Å². The van der Waals surface area contributed by atoms with E-state index in [4.69, 9.17) is 12.2 Å². The van der Waals surface area contributed by atoms with Crippen molar-refractivity contribution in [2.45, 2.75) is 25.8 Å². The molecule has 1 aromatic carbocycles. The van der Waals surface area contributed by atoms with Crippen molar-refractivity contribution in [2.75, 3.05) is 0 Å². The number of pyridine rings is 1. The summed E-state index contributed by atoms with van der Waals surface area (Å²) in [5.41, 5.74) is 3.51. The van der Waals surface area contributed by atoms with E-state index >= 15 is 0 Å². The minimum atomic E-state index is 0.518. The van der Waals surface area contributed by atoms with Gasteiger partial charge in [-0.25, -0.2) is 0 Å². The molecule has 0 saturated carbocycles. The van der Waals surface area contributed by atoms with Gasteiger partial charge in [0.1, 0.15) is 0 Å². The fourth-order valence-electron chi connectivity index (χ4n) is 2.50. The first-order chi connectivity index (χ1) is 9.75. The van der Waals surface area contributed by atoms with Gasteiger partial charge in [-0.15, -0.1) is 0 Å². The van der Waals surface area contributed by atoms with Crippen molar-refractivity contribution in [1.29, 1.82) is 0 Å². The molecule has 1 unspecified atom stereocenters. The Bertz CT molecular complexity index is 758.